The van der Waals surface area contributed by atoms with E-state index in [0.717, 1.165) is 20.8 Å². The molecule has 1 aliphatic heterocycles. The second-order valence-corrected chi connectivity index (χ2v) is 7.97. The Kier molecular flexibility index (Phi) is 5.09. The lowest BCUT2D eigenvalue weighted by molar-refractivity contribution is -0.149. The molecule has 0 N–H and O–H groups in total. The number of carbonyl (C=O) groups excluding carboxylic acids is 2. The number of thiazole rings is 1. The molecule has 2 aromatic carbocycles. The van der Waals surface area contributed by atoms with Gasteiger partial charge in [0, 0.05) is 24.5 Å². The number of likely N-dealkylation sites (tertiary alicyclic amines) is 1. The molecule has 27 heavy (non-hydrogen) atoms. The fourth-order valence-corrected chi connectivity index (χ4v) is 4.22. The lowest BCUT2D eigenvalue weighted by atomic mass is 10.1. The van der Waals surface area contributed by atoms with E-state index in [9.17, 15) is 9.59 Å². The Morgan fingerprint density at radius 2 is 2.00 bits per heavy atom. The highest BCUT2D eigenvalue weighted by atomic mass is 35.5. The normalized spacial score (nSPS) is 16.9. The van der Waals surface area contributed by atoms with E-state index in [-0.39, 0.29) is 24.9 Å². The topological polar surface area (TPSA) is 59.5 Å². The minimum absolute atomic E-state index is 0.0585. The van der Waals surface area contributed by atoms with Gasteiger partial charge in [-0.1, -0.05) is 41.9 Å². The first-order valence-electron chi connectivity index (χ1n) is 8.62. The lowest BCUT2D eigenvalue weighted by Crippen LogP contribution is -2.26. The van der Waals surface area contributed by atoms with Gasteiger partial charge in [-0.2, -0.15) is 0 Å². The molecule has 1 amide bonds. The third-order valence-corrected chi connectivity index (χ3v) is 5.92. The highest BCUT2D eigenvalue weighted by molar-refractivity contribution is 7.18. The molecule has 4 rings (SSSR count). The van der Waals surface area contributed by atoms with E-state index >= 15 is 0 Å². The number of nitrogens with zero attached hydrogens (tertiary/aromatic N) is 2. The molecule has 0 spiro atoms. The number of benzene rings is 2. The Morgan fingerprint density at radius 3 is 2.81 bits per heavy atom. The maximum Gasteiger partial charge on any atom is 0.311 e. The number of carbonyl (C=O) groups is 2. The fourth-order valence-electron chi connectivity index (χ4n) is 3.15. The number of hydrogen-bond acceptors (Lipinski definition) is 5. The fraction of sp³-hybridized carbons (Fsp3) is 0.250. The van der Waals surface area contributed by atoms with Gasteiger partial charge in [0.05, 0.1) is 16.1 Å². The van der Waals surface area contributed by atoms with Crippen LogP contribution in [-0.2, 0) is 27.5 Å². The van der Waals surface area contributed by atoms with E-state index in [1.165, 1.54) is 11.3 Å². The van der Waals surface area contributed by atoms with Crippen molar-refractivity contribution in [2.24, 2.45) is 5.92 Å². The second kappa shape index (κ2) is 7.66. The van der Waals surface area contributed by atoms with Crippen LogP contribution in [0.25, 0.3) is 10.2 Å². The molecule has 0 bridgehead atoms. The van der Waals surface area contributed by atoms with E-state index in [1.54, 1.807) is 11.0 Å². The predicted octanol–water partition coefficient (Wildman–Crippen LogP) is 4.04. The molecular formula is C20H17ClN2O3S. The zero-order valence-electron chi connectivity index (χ0n) is 14.4. The summed E-state index contributed by atoms with van der Waals surface area (Å²) in [6.45, 7) is 0.885. The van der Waals surface area contributed by atoms with E-state index in [0.29, 0.717) is 18.1 Å². The van der Waals surface area contributed by atoms with Gasteiger partial charge in [-0.05, 0) is 23.8 Å². The van der Waals surface area contributed by atoms with Crippen LogP contribution in [0.1, 0.15) is 17.0 Å². The average molecular weight is 401 g/mol. The molecular weight excluding hydrogens is 384 g/mol. The van der Waals surface area contributed by atoms with Gasteiger partial charge < -0.3 is 9.64 Å². The standard InChI is InChI=1S/C20H17ClN2O3S/c21-15-6-2-1-5-13(15)10-23-11-14(9-19(23)24)20(25)26-12-18-22-16-7-3-4-8-17(16)27-18/h1-8,14H,9-12H2/t14-/m1/s1. The van der Waals surface area contributed by atoms with Crippen LogP contribution in [0.3, 0.4) is 0 Å². The van der Waals surface area contributed by atoms with Crippen LogP contribution in [0, 0.1) is 5.92 Å². The van der Waals surface area contributed by atoms with Gasteiger partial charge in [0.15, 0.2) is 0 Å². The van der Waals surface area contributed by atoms with E-state index < -0.39 is 5.92 Å². The van der Waals surface area contributed by atoms with Crippen LogP contribution in [0.5, 0.6) is 0 Å². The Hall–Kier alpha value is -2.44. The first-order chi connectivity index (χ1) is 13.1. The molecule has 5 nitrogen and oxygen atoms in total. The van der Waals surface area contributed by atoms with Crippen molar-refractivity contribution in [2.45, 2.75) is 19.6 Å². The highest BCUT2D eigenvalue weighted by Crippen LogP contribution is 2.26. The molecule has 138 valence electrons. The summed E-state index contributed by atoms with van der Waals surface area (Å²) < 4.78 is 6.48. The quantitative estimate of drug-likeness (QED) is 0.606. The minimum atomic E-state index is -0.450. The van der Waals surface area contributed by atoms with Gasteiger partial charge in [-0.3, -0.25) is 9.59 Å². The van der Waals surface area contributed by atoms with Crippen LogP contribution in [0.2, 0.25) is 5.02 Å². The third kappa shape index (κ3) is 3.96. The summed E-state index contributed by atoms with van der Waals surface area (Å²) in [7, 11) is 0. The number of ether oxygens (including phenoxy) is 1. The molecule has 3 aromatic rings. The maximum atomic E-state index is 12.4. The molecule has 1 atom stereocenters. The van der Waals surface area contributed by atoms with Crippen molar-refractivity contribution >= 4 is 45.0 Å². The predicted molar refractivity (Wildman–Crippen MR) is 104 cm³/mol. The van der Waals surface area contributed by atoms with Crippen molar-refractivity contribution in [1.82, 2.24) is 9.88 Å². The number of halogens is 1. The summed E-state index contributed by atoms with van der Waals surface area (Å²) in [6, 6.07) is 15.2. The van der Waals surface area contributed by atoms with Crippen molar-refractivity contribution < 1.29 is 14.3 Å². The van der Waals surface area contributed by atoms with Gasteiger partial charge in [-0.25, -0.2) is 4.98 Å². The van der Waals surface area contributed by atoms with Crippen molar-refractivity contribution in [3.05, 3.63) is 64.1 Å². The Morgan fingerprint density at radius 1 is 1.22 bits per heavy atom. The molecule has 0 aliphatic carbocycles. The van der Waals surface area contributed by atoms with Gasteiger partial charge in [-0.15, -0.1) is 11.3 Å². The van der Waals surface area contributed by atoms with E-state index in [2.05, 4.69) is 4.98 Å². The third-order valence-electron chi connectivity index (χ3n) is 4.54. The van der Waals surface area contributed by atoms with Gasteiger partial charge in [0.2, 0.25) is 5.91 Å². The summed E-state index contributed by atoms with van der Waals surface area (Å²) in [5.41, 5.74) is 1.77. The summed E-state index contributed by atoms with van der Waals surface area (Å²) >= 11 is 7.67. The van der Waals surface area contributed by atoms with Crippen LogP contribution in [-0.4, -0.2) is 28.3 Å². The molecule has 1 aromatic heterocycles. The first kappa shape index (κ1) is 17.9. The van der Waals surface area contributed by atoms with Gasteiger partial charge in [0.1, 0.15) is 11.6 Å². The van der Waals surface area contributed by atoms with Crippen LogP contribution < -0.4 is 0 Å². The van der Waals surface area contributed by atoms with Crippen molar-refractivity contribution in [1.29, 1.82) is 0 Å². The highest BCUT2D eigenvalue weighted by Gasteiger charge is 2.35. The second-order valence-electron chi connectivity index (χ2n) is 6.45. The number of amides is 1. The maximum absolute atomic E-state index is 12.4. The van der Waals surface area contributed by atoms with Crippen LogP contribution in [0.15, 0.2) is 48.5 Å². The van der Waals surface area contributed by atoms with Crippen molar-refractivity contribution in [2.75, 3.05) is 6.54 Å². The van der Waals surface area contributed by atoms with Crippen LogP contribution >= 0.6 is 22.9 Å². The van der Waals surface area contributed by atoms with E-state index in [1.807, 2.05) is 42.5 Å². The summed E-state index contributed by atoms with van der Waals surface area (Å²) in [6.07, 6.45) is 0.170. The minimum Gasteiger partial charge on any atom is -0.458 e. The molecule has 2 heterocycles. The number of para-hydroxylation sites is 1. The Bertz CT molecular complexity index is 971. The van der Waals surface area contributed by atoms with Crippen molar-refractivity contribution in [3.63, 3.8) is 0 Å². The smallest absolute Gasteiger partial charge is 0.311 e. The molecule has 0 radical (unpaired) electrons. The molecule has 1 saturated heterocycles. The zero-order chi connectivity index (χ0) is 18.8. The lowest BCUT2D eigenvalue weighted by Gasteiger charge is -2.17. The number of hydrogen-bond donors (Lipinski definition) is 0. The average Bonchev–Trinajstić information content (AvgIpc) is 3.25. The zero-order valence-corrected chi connectivity index (χ0v) is 16.0. The SMILES string of the molecule is O=C(OCc1nc2ccccc2s1)[C@@H]1CC(=O)N(Cc2ccccc2Cl)C1. The Balaban J connectivity index is 1.35. The van der Waals surface area contributed by atoms with Crippen molar-refractivity contribution in [3.8, 4) is 0 Å². The number of aromatic nitrogens is 1. The molecule has 1 aliphatic rings. The first-order valence-corrected chi connectivity index (χ1v) is 9.82. The van der Waals surface area contributed by atoms with E-state index in [4.69, 9.17) is 16.3 Å². The molecule has 7 heteroatoms. The summed E-state index contributed by atoms with van der Waals surface area (Å²) in [5.74, 6) is -0.865. The number of fused-ring (bicyclic) bond motifs is 1. The number of rotatable bonds is 5. The molecule has 0 saturated carbocycles. The van der Waals surface area contributed by atoms with Crippen LogP contribution in [0.4, 0.5) is 0 Å². The largest absolute Gasteiger partial charge is 0.458 e. The van der Waals surface area contributed by atoms with Gasteiger partial charge in [0.25, 0.3) is 0 Å². The summed E-state index contributed by atoms with van der Waals surface area (Å²) in [5, 5.41) is 1.37. The summed E-state index contributed by atoms with van der Waals surface area (Å²) in [4.78, 5) is 30.8. The molecule has 1 fully saturated rings. The molecule has 0 unspecified atom stereocenters. The monoisotopic (exact) mass is 400 g/mol. The Labute approximate surface area is 165 Å². The number of esters is 1. The van der Waals surface area contributed by atoms with Gasteiger partial charge >= 0.3 is 5.97 Å².